The van der Waals surface area contributed by atoms with E-state index in [0.717, 1.165) is 6.54 Å². The van der Waals surface area contributed by atoms with Gasteiger partial charge in [0.2, 0.25) is 0 Å². The van der Waals surface area contributed by atoms with Crippen molar-refractivity contribution in [1.29, 1.82) is 0 Å². The molecule has 0 aliphatic heterocycles. The van der Waals surface area contributed by atoms with E-state index in [1.54, 1.807) is 10.9 Å². The normalized spacial score (nSPS) is 10.2. The maximum absolute atomic E-state index is 4.10. The van der Waals surface area contributed by atoms with Crippen molar-refractivity contribution in [2.24, 2.45) is 0 Å². The molecule has 0 amide bonds. The Labute approximate surface area is 77.8 Å². The summed E-state index contributed by atoms with van der Waals surface area (Å²) in [5, 5.41) is 4.10. The van der Waals surface area contributed by atoms with Gasteiger partial charge in [-0.1, -0.05) is 29.8 Å². The molecule has 65 valence electrons. The topological polar surface area (TPSA) is 17.8 Å². The standard InChI is InChI=1S/C11H11N2/c1-10-3-5-11(6-4-10)9-13-8-2-7-12-13/h2-7H,9H2,1H3. The van der Waals surface area contributed by atoms with Crippen LogP contribution < -0.4 is 0 Å². The third kappa shape index (κ3) is 1.96. The molecule has 0 bridgehead atoms. The Bertz CT molecular complexity index is 359. The lowest BCUT2D eigenvalue weighted by molar-refractivity contribution is 0.681. The predicted molar refractivity (Wildman–Crippen MR) is 51.3 cm³/mol. The molecule has 2 heteroatoms. The highest BCUT2D eigenvalue weighted by molar-refractivity contribution is 5.21. The first kappa shape index (κ1) is 8.05. The van der Waals surface area contributed by atoms with E-state index in [4.69, 9.17) is 0 Å². The first-order valence-electron chi connectivity index (χ1n) is 4.29. The molecule has 13 heavy (non-hydrogen) atoms. The zero-order valence-corrected chi connectivity index (χ0v) is 7.57. The highest BCUT2D eigenvalue weighted by Crippen LogP contribution is 2.04. The Kier molecular flexibility index (Phi) is 2.13. The van der Waals surface area contributed by atoms with Gasteiger partial charge in [-0.3, -0.25) is 4.68 Å². The molecule has 0 unspecified atom stereocenters. The van der Waals surface area contributed by atoms with Crippen molar-refractivity contribution in [3.8, 4) is 0 Å². The van der Waals surface area contributed by atoms with Crippen molar-refractivity contribution in [2.75, 3.05) is 0 Å². The molecule has 1 radical (unpaired) electrons. The number of aromatic nitrogens is 2. The number of rotatable bonds is 2. The van der Waals surface area contributed by atoms with Gasteiger partial charge in [-0.15, -0.1) is 0 Å². The van der Waals surface area contributed by atoms with Crippen LogP contribution in [0.3, 0.4) is 0 Å². The summed E-state index contributed by atoms with van der Waals surface area (Å²) in [4.78, 5) is 0. The van der Waals surface area contributed by atoms with E-state index in [2.05, 4.69) is 42.5 Å². The fourth-order valence-corrected chi connectivity index (χ4v) is 1.22. The molecular weight excluding hydrogens is 160 g/mol. The van der Waals surface area contributed by atoms with E-state index < -0.39 is 0 Å². The molecule has 2 rings (SSSR count). The summed E-state index contributed by atoms with van der Waals surface area (Å²) in [5.74, 6) is 0. The molecule has 0 aliphatic carbocycles. The second-order valence-corrected chi connectivity index (χ2v) is 3.10. The van der Waals surface area contributed by atoms with E-state index >= 15 is 0 Å². The average Bonchev–Trinajstić information content (AvgIpc) is 2.62. The number of hydrogen-bond donors (Lipinski definition) is 0. The van der Waals surface area contributed by atoms with Crippen LogP contribution in [0.5, 0.6) is 0 Å². The SMILES string of the molecule is Cc1ccc(Cn2[c]ccn2)cc1. The molecule has 0 atom stereocenters. The van der Waals surface area contributed by atoms with Crippen LogP contribution in [0, 0.1) is 13.1 Å². The van der Waals surface area contributed by atoms with Gasteiger partial charge in [0.1, 0.15) is 0 Å². The number of benzene rings is 1. The van der Waals surface area contributed by atoms with Gasteiger partial charge < -0.3 is 0 Å². The van der Waals surface area contributed by atoms with Gasteiger partial charge >= 0.3 is 0 Å². The third-order valence-corrected chi connectivity index (χ3v) is 1.96. The number of hydrogen-bond acceptors (Lipinski definition) is 1. The highest BCUT2D eigenvalue weighted by atomic mass is 15.3. The van der Waals surface area contributed by atoms with E-state index in [-0.39, 0.29) is 0 Å². The average molecular weight is 171 g/mol. The van der Waals surface area contributed by atoms with Gasteiger partial charge in [0.05, 0.1) is 12.7 Å². The number of nitrogens with zero attached hydrogens (tertiary/aromatic N) is 2. The molecular formula is C11H11N2. The van der Waals surface area contributed by atoms with Crippen LogP contribution in [-0.4, -0.2) is 9.78 Å². The van der Waals surface area contributed by atoms with Crippen LogP contribution in [0.25, 0.3) is 0 Å². The molecule has 0 saturated carbocycles. The Morgan fingerprint density at radius 3 is 2.69 bits per heavy atom. The Hall–Kier alpha value is -1.57. The first-order valence-corrected chi connectivity index (χ1v) is 4.29. The minimum Gasteiger partial charge on any atom is -0.259 e. The van der Waals surface area contributed by atoms with E-state index in [1.165, 1.54) is 11.1 Å². The number of aryl methyl sites for hydroxylation is 1. The molecule has 0 spiro atoms. The Balaban J connectivity index is 2.15. The van der Waals surface area contributed by atoms with Crippen LogP contribution in [0.15, 0.2) is 36.5 Å². The van der Waals surface area contributed by atoms with Crippen LogP contribution >= 0.6 is 0 Å². The van der Waals surface area contributed by atoms with Crippen molar-refractivity contribution < 1.29 is 0 Å². The first-order chi connectivity index (χ1) is 6.34. The van der Waals surface area contributed by atoms with Crippen molar-refractivity contribution in [1.82, 2.24) is 9.78 Å². The van der Waals surface area contributed by atoms with Crippen molar-refractivity contribution >= 4 is 0 Å². The zero-order chi connectivity index (χ0) is 9.10. The predicted octanol–water partition coefficient (Wildman–Crippen LogP) is 2.04. The molecule has 1 aromatic heterocycles. The van der Waals surface area contributed by atoms with Gasteiger partial charge in [0.25, 0.3) is 0 Å². The fraction of sp³-hybridized carbons (Fsp3) is 0.182. The quantitative estimate of drug-likeness (QED) is 0.676. The van der Waals surface area contributed by atoms with Gasteiger partial charge in [0, 0.05) is 6.20 Å². The van der Waals surface area contributed by atoms with Gasteiger partial charge in [-0.05, 0) is 18.6 Å². The molecule has 0 aliphatic rings. The summed E-state index contributed by atoms with van der Waals surface area (Å²) in [7, 11) is 0. The van der Waals surface area contributed by atoms with Crippen LogP contribution in [0.1, 0.15) is 11.1 Å². The third-order valence-electron chi connectivity index (χ3n) is 1.96. The minimum absolute atomic E-state index is 0.799. The van der Waals surface area contributed by atoms with Crippen molar-refractivity contribution in [3.05, 3.63) is 53.9 Å². The molecule has 1 heterocycles. The summed E-state index contributed by atoms with van der Waals surface area (Å²) in [5.41, 5.74) is 2.54. The maximum atomic E-state index is 4.10. The zero-order valence-electron chi connectivity index (χ0n) is 7.57. The Morgan fingerprint density at radius 1 is 1.31 bits per heavy atom. The summed E-state index contributed by atoms with van der Waals surface area (Å²) in [6.45, 7) is 2.89. The van der Waals surface area contributed by atoms with E-state index in [0.29, 0.717) is 0 Å². The highest BCUT2D eigenvalue weighted by Gasteiger charge is 1.93. The van der Waals surface area contributed by atoms with Crippen LogP contribution in [0.4, 0.5) is 0 Å². The van der Waals surface area contributed by atoms with Gasteiger partial charge in [-0.25, -0.2) is 0 Å². The second-order valence-electron chi connectivity index (χ2n) is 3.10. The largest absolute Gasteiger partial charge is 0.259 e. The molecule has 0 fully saturated rings. The maximum Gasteiger partial charge on any atom is 0.0867 e. The molecule has 2 nitrogen and oxygen atoms in total. The minimum atomic E-state index is 0.799. The lowest BCUT2D eigenvalue weighted by Crippen LogP contribution is -1.99. The van der Waals surface area contributed by atoms with Gasteiger partial charge in [-0.2, -0.15) is 5.10 Å². The molecule has 0 saturated heterocycles. The molecule has 0 N–H and O–H groups in total. The smallest absolute Gasteiger partial charge is 0.0867 e. The summed E-state index contributed by atoms with van der Waals surface area (Å²) < 4.78 is 1.80. The lowest BCUT2D eigenvalue weighted by atomic mass is 10.1. The monoisotopic (exact) mass is 171 g/mol. The van der Waals surface area contributed by atoms with E-state index in [1.807, 2.05) is 6.07 Å². The van der Waals surface area contributed by atoms with Crippen molar-refractivity contribution in [3.63, 3.8) is 0 Å². The molecule has 2 aromatic rings. The van der Waals surface area contributed by atoms with Crippen LogP contribution in [0.2, 0.25) is 0 Å². The second kappa shape index (κ2) is 3.44. The van der Waals surface area contributed by atoms with E-state index in [9.17, 15) is 0 Å². The summed E-state index contributed by atoms with van der Waals surface area (Å²) >= 11 is 0. The molecule has 1 aromatic carbocycles. The fourth-order valence-electron chi connectivity index (χ4n) is 1.22. The van der Waals surface area contributed by atoms with Gasteiger partial charge in [0.15, 0.2) is 0 Å². The summed E-state index contributed by atoms with van der Waals surface area (Å²) in [6.07, 6.45) is 4.75. The Morgan fingerprint density at radius 2 is 2.08 bits per heavy atom. The van der Waals surface area contributed by atoms with Crippen molar-refractivity contribution in [2.45, 2.75) is 13.5 Å². The lowest BCUT2D eigenvalue weighted by Gasteiger charge is -2.01. The summed E-state index contributed by atoms with van der Waals surface area (Å²) in [6, 6.07) is 10.3. The van der Waals surface area contributed by atoms with Crippen LogP contribution in [-0.2, 0) is 6.54 Å².